The van der Waals surface area contributed by atoms with E-state index in [1.165, 1.54) is 12.4 Å². The van der Waals surface area contributed by atoms with Crippen molar-refractivity contribution in [3.8, 4) is 0 Å². The first-order valence-electron chi connectivity index (χ1n) is 4.45. The van der Waals surface area contributed by atoms with Crippen LogP contribution in [0.5, 0.6) is 0 Å². The van der Waals surface area contributed by atoms with E-state index in [1.807, 2.05) is 0 Å². The molecule has 1 amide bonds. The third kappa shape index (κ3) is 2.01. The molecule has 1 fully saturated rings. The third-order valence-corrected chi connectivity index (χ3v) is 2.45. The van der Waals surface area contributed by atoms with Crippen molar-refractivity contribution in [1.82, 2.24) is 15.3 Å². The van der Waals surface area contributed by atoms with E-state index in [9.17, 15) is 4.79 Å². The zero-order valence-corrected chi connectivity index (χ0v) is 8.45. The van der Waals surface area contributed by atoms with Crippen molar-refractivity contribution < 1.29 is 4.79 Å². The molecule has 0 saturated heterocycles. The highest BCUT2D eigenvalue weighted by molar-refractivity contribution is 6.29. The lowest BCUT2D eigenvalue weighted by Gasteiger charge is -2.02. The number of aromatic nitrogens is 2. The Morgan fingerprint density at radius 3 is 2.93 bits per heavy atom. The Labute approximate surface area is 86.7 Å². The largest absolute Gasteiger partial charge is 0.348 e. The number of hydrogen-bond donors (Lipinski definition) is 1. The average molecular weight is 212 g/mol. The molecule has 0 aliphatic heterocycles. The number of carbonyl (C=O) groups is 1. The molecule has 1 aromatic rings. The van der Waals surface area contributed by atoms with Gasteiger partial charge in [-0.1, -0.05) is 18.5 Å². The zero-order valence-electron chi connectivity index (χ0n) is 7.70. The molecule has 1 saturated carbocycles. The van der Waals surface area contributed by atoms with Gasteiger partial charge in [0.25, 0.3) is 5.91 Å². The normalized spacial score (nSPS) is 24.4. The van der Waals surface area contributed by atoms with Crippen LogP contribution in [0.1, 0.15) is 23.8 Å². The van der Waals surface area contributed by atoms with Gasteiger partial charge in [0.2, 0.25) is 0 Å². The van der Waals surface area contributed by atoms with Gasteiger partial charge in [0, 0.05) is 6.04 Å². The number of amides is 1. The molecule has 1 aromatic heterocycles. The summed E-state index contributed by atoms with van der Waals surface area (Å²) in [5.74, 6) is 0.375. The molecule has 2 atom stereocenters. The summed E-state index contributed by atoms with van der Waals surface area (Å²) in [6.45, 7) is 2.09. The van der Waals surface area contributed by atoms with Gasteiger partial charge in [-0.2, -0.15) is 0 Å². The van der Waals surface area contributed by atoms with Crippen LogP contribution in [0, 0.1) is 5.92 Å². The maximum Gasteiger partial charge on any atom is 0.271 e. The lowest BCUT2D eigenvalue weighted by Crippen LogP contribution is -2.27. The molecule has 0 radical (unpaired) electrons. The Morgan fingerprint density at radius 2 is 2.36 bits per heavy atom. The van der Waals surface area contributed by atoms with E-state index in [0.29, 0.717) is 12.0 Å². The van der Waals surface area contributed by atoms with Gasteiger partial charge in [-0.3, -0.25) is 9.78 Å². The van der Waals surface area contributed by atoms with E-state index in [-0.39, 0.29) is 16.8 Å². The highest BCUT2D eigenvalue weighted by atomic mass is 35.5. The number of rotatable bonds is 2. The fourth-order valence-corrected chi connectivity index (χ4v) is 1.36. The van der Waals surface area contributed by atoms with Crippen LogP contribution in [0.4, 0.5) is 0 Å². The molecule has 14 heavy (non-hydrogen) atoms. The fourth-order valence-electron chi connectivity index (χ4n) is 1.22. The van der Waals surface area contributed by atoms with Gasteiger partial charge in [-0.05, 0) is 12.3 Å². The summed E-state index contributed by atoms with van der Waals surface area (Å²) in [6.07, 6.45) is 3.85. The summed E-state index contributed by atoms with van der Waals surface area (Å²) < 4.78 is 0. The van der Waals surface area contributed by atoms with Crippen molar-refractivity contribution in [3.63, 3.8) is 0 Å². The minimum Gasteiger partial charge on any atom is -0.348 e. The predicted octanol–water partition coefficient (Wildman–Crippen LogP) is 1.27. The topological polar surface area (TPSA) is 54.9 Å². The molecule has 1 N–H and O–H groups in total. The van der Waals surface area contributed by atoms with E-state index >= 15 is 0 Å². The number of nitrogens with zero attached hydrogens (tertiary/aromatic N) is 2. The van der Waals surface area contributed by atoms with Crippen molar-refractivity contribution in [2.45, 2.75) is 19.4 Å². The summed E-state index contributed by atoms with van der Waals surface area (Å²) in [4.78, 5) is 19.2. The maximum absolute atomic E-state index is 11.5. The quantitative estimate of drug-likeness (QED) is 0.802. The monoisotopic (exact) mass is 211 g/mol. The minimum absolute atomic E-state index is 0.200. The van der Waals surface area contributed by atoms with Gasteiger partial charge in [0.1, 0.15) is 10.8 Å². The molecule has 0 spiro atoms. The van der Waals surface area contributed by atoms with E-state index in [0.717, 1.165) is 6.42 Å². The summed E-state index contributed by atoms with van der Waals surface area (Å²) in [5, 5.41) is 3.08. The average Bonchev–Trinajstić information content (AvgIpc) is 2.81. The number of carbonyl (C=O) groups excluding carboxylic acids is 1. The van der Waals surface area contributed by atoms with E-state index in [4.69, 9.17) is 11.6 Å². The molecule has 2 unspecified atom stereocenters. The minimum atomic E-state index is -0.200. The fraction of sp³-hybridized carbons (Fsp3) is 0.444. The second-order valence-electron chi connectivity index (χ2n) is 3.52. The molecule has 4 nitrogen and oxygen atoms in total. The van der Waals surface area contributed by atoms with Gasteiger partial charge >= 0.3 is 0 Å². The lowest BCUT2D eigenvalue weighted by atomic mass is 10.4. The van der Waals surface area contributed by atoms with Gasteiger partial charge in [0.05, 0.1) is 12.4 Å². The van der Waals surface area contributed by atoms with Crippen LogP contribution in [0.3, 0.4) is 0 Å². The Bertz CT molecular complexity index is 369. The van der Waals surface area contributed by atoms with Crippen LogP contribution in [-0.4, -0.2) is 21.9 Å². The first-order chi connectivity index (χ1) is 6.66. The van der Waals surface area contributed by atoms with E-state index < -0.39 is 0 Å². The van der Waals surface area contributed by atoms with Crippen molar-refractivity contribution in [2.24, 2.45) is 5.92 Å². The molecular weight excluding hydrogens is 202 g/mol. The number of nitrogens with one attached hydrogen (secondary N) is 1. The molecule has 1 aliphatic rings. The zero-order chi connectivity index (χ0) is 10.1. The van der Waals surface area contributed by atoms with Crippen LogP contribution in [0.2, 0.25) is 5.15 Å². The Hall–Kier alpha value is -1.16. The molecule has 5 heteroatoms. The number of halogens is 1. The van der Waals surface area contributed by atoms with E-state index in [1.54, 1.807) is 0 Å². The van der Waals surface area contributed by atoms with Crippen LogP contribution >= 0.6 is 11.6 Å². The molecule has 0 aromatic carbocycles. The molecule has 1 aliphatic carbocycles. The third-order valence-electron chi connectivity index (χ3n) is 2.26. The molecule has 0 bridgehead atoms. The SMILES string of the molecule is CC1CC1NC(=O)c1cncc(Cl)n1. The van der Waals surface area contributed by atoms with E-state index in [2.05, 4.69) is 22.2 Å². The molecule has 2 rings (SSSR count). The smallest absolute Gasteiger partial charge is 0.271 e. The second-order valence-corrected chi connectivity index (χ2v) is 3.91. The predicted molar refractivity (Wildman–Crippen MR) is 52.1 cm³/mol. The summed E-state index contributed by atoms with van der Waals surface area (Å²) >= 11 is 5.62. The highest BCUT2D eigenvalue weighted by Gasteiger charge is 2.34. The van der Waals surface area contributed by atoms with Crippen molar-refractivity contribution >= 4 is 17.5 Å². The first-order valence-corrected chi connectivity index (χ1v) is 4.83. The second kappa shape index (κ2) is 3.53. The van der Waals surface area contributed by atoms with Gasteiger partial charge in [0.15, 0.2) is 0 Å². The lowest BCUT2D eigenvalue weighted by molar-refractivity contribution is 0.0944. The standard InChI is InChI=1S/C9H10ClN3O/c1-5-2-6(5)13-9(14)7-3-11-4-8(10)12-7/h3-6H,2H2,1H3,(H,13,14). The first kappa shape index (κ1) is 9.40. The van der Waals surface area contributed by atoms with Gasteiger partial charge in [-0.25, -0.2) is 4.98 Å². The van der Waals surface area contributed by atoms with Crippen LogP contribution in [0.15, 0.2) is 12.4 Å². The Morgan fingerprint density at radius 1 is 1.64 bits per heavy atom. The number of hydrogen-bond acceptors (Lipinski definition) is 3. The van der Waals surface area contributed by atoms with Crippen molar-refractivity contribution in [3.05, 3.63) is 23.2 Å². The summed E-state index contributed by atoms with van der Waals surface area (Å²) in [5.41, 5.74) is 0.275. The van der Waals surface area contributed by atoms with Gasteiger partial charge in [-0.15, -0.1) is 0 Å². The molecular formula is C9H10ClN3O. The Kier molecular flexibility index (Phi) is 2.37. The highest BCUT2D eigenvalue weighted by Crippen LogP contribution is 2.29. The Balaban J connectivity index is 2.03. The summed E-state index contributed by atoms with van der Waals surface area (Å²) in [7, 11) is 0. The van der Waals surface area contributed by atoms with Crippen LogP contribution < -0.4 is 5.32 Å². The van der Waals surface area contributed by atoms with Crippen LogP contribution in [-0.2, 0) is 0 Å². The van der Waals surface area contributed by atoms with Gasteiger partial charge < -0.3 is 5.32 Å². The maximum atomic E-state index is 11.5. The molecule has 74 valence electrons. The molecule has 1 heterocycles. The summed E-state index contributed by atoms with van der Waals surface area (Å²) in [6, 6.07) is 0.295. The van der Waals surface area contributed by atoms with Crippen molar-refractivity contribution in [1.29, 1.82) is 0 Å². The van der Waals surface area contributed by atoms with Crippen LogP contribution in [0.25, 0.3) is 0 Å². The van der Waals surface area contributed by atoms with Crippen molar-refractivity contribution in [2.75, 3.05) is 0 Å².